The van der Waals surface area contributed by atoms with E-state index < -0.39 is 11.9 Å². The summed E-state index contributed by atoms with van der Waals surface area (Å²) in [6, 6.07) is 6.03. The van der Waals surface area contributed by atoms with Crippen LogP contribution in [0.3, 0.4) is 0 Å². The van der Waals surface area contributed by atoms with Crippen LogP contribution in [0.15, 0.2) is 24.8 Å². The maximum absolute atomic E-state index is 12.6. The average molecular weight is 539 g/mol. The summed E-state index contributed by atoms with van der Waals surface area (Å²) in [7, 11) is 1.32. The lowest BCUT2D eigenvalue weighted by Gasteiger charge is -2.07. The number of aryl methyl sites for hydroxylation is 3. The SMILES string of the molecule is C=Cc1c(C)c2cc3nc(c(CC(=O)OC)c4nc(cc5[nH]c(cc1[nH]2)c(C)c5CC)C(C)=C4C(=O)O)CC3C. The van der Waals surface area contributed by atoms with Crippen LogP contribution in [0.5, 0.6) is 0 Å². The Balaban J connectivity index is 2.03. The van der Waals surface area contributed by atoms with Crippen molar-refractivity contribution in [3.8, 4) is 0 Å². The zero-order valence-electron chi connectivity index (χ0n) is 23.8. The van der Waals surface area contributed by atoms with Crippen LogP contribution in [-0.4, -0.2) is 44.1 Å². The number of carboxylic acids is 1. The Labute approximate surface area is 232 Å². The van der Waals surface area contributed by atoms with E-state index in [9.17, 15) is 14.7 Å². The Morgan fingerprint density at radius 1 is 1.05 bits per heavy atom. The van der Waals surface area contributed by atoms with E-state index in [1.165, 1.54) is 7.11 Å². The molecule has 0 amide bonds. The first-order chi connectivity index (χ1) is 19.1. The molecule has 3 aromatic rings. The van der Waals surface area contributed by atoms with Gasteiger partial charge in [-0.15, -0.1) is 0 Å². The van der Waals surface area contributed by atoms with Gasteiger partial charge in [0.15, 0.2) is 0 Å². The molecule has 5 rings (SSSR count). The molecule has 40 heavy (non-hydrogen) atoms. The molecule has 2 aliphatic rings. The fourth-order valence-corrected chi connectivity index (χ4v) is 5.80. The summed E-state index contributed by atoms with van der Waals surface area (Å²) in [4.78, 5) is 42.0. The van der Waals surface area contributed by atoms with Crippen molar-refractivity contribution in [2.24, 2.45) is 0 Å². The molecule has 8 heteroatoms. The van der Waals surface area contributed by atoms with Gasteiger partial charge in [-0.3, -0.25) is 9.78 Å². The number of rotatable bonds is 5. The van der Waals surface area contributed by atoms with Gasteiger partial charge in [0, 0.05) is 50.5 Å². The molecule has 1 unspecified atom stereocenters. The maximum Gasteiger partial charge on any atom is 0.338 e. The van der Waals surface area contributed by atoms with Gasteiger partial charge in [-0.05, 0) is 74.1 Å². The smallest absolute Gasteiger partial charge is 0.338 e. The molecule has 2 aliphatic heterocycles. The van der Waals surface area contributed by atoms with Crippen molar-refractivity contribution in [2.45, 2.75) is 59.8 Å². The number of H-pyrrole nitrogens is 2. The highest BCUT2D eigenvalue weighted by molar-refractivity contribution is 6.24. The Bertz CT molecular complexity index is 1790. The second-order valence-electron chi connectivity index (χ2n) is 10.5. The third-order valence-corrected chi connectivity index (χ3v) is 8.13. The monoisotopic (exact) mass is 538 g/mol. The van der Waals surface area contributed by atoms with Crippen LogP contribution in [0, 0.1) is 13.8 Å². The number of aromatic nitrogens is 4. The minimum atomic E-state index is -1.10. The zero-order valence-corrected chi connectivity index (χ0v) is 23.8. The van der Waals surface area contributed by atoms with E-state index in [4.69, 9.17) is 14.7 Å². The second kappa shape index (κ2) is 10.3. The summed E-state index contributed by atoms with van der Waals surface area (Å²) >= 11 is 0. The Kier molecular flexibility index (Phi) is 6.96. The molecule has 0 saturated heterocycles. The minimum Gasteiger partial charge on any atom is -0.478 e. The van der Waals surface area contributed by atoms with Gasteiger partial charge in [-0.25, -0.2) is 9.78 Å². The van der Waals surface area contributed by atoms with Gasteiger partial charge in [0.25, 0.3) is 0 Å². The summed E-state index contributed by atoms with van der Waals surface area (Å²) in [5.74, 6) is -1.52. The number of nitrogens with one attached hydrogen (secondary N) is 2. The summed E-state index contributed by atoms with van der Waals surface area (Å²) in [5.41, 5.74) is 11.4. The second-order valence-corrected chi connectivity index (χ2v) is 10.5. The topological polar surface area (TPSA) is 121 Å². The normalized spacial score (nSPS) is 14.9. The molecule has 0 fully saturated rings. The average Bonchev–Trinajstić information content (AvgIpc) is 3.61. The van der Waals surface area contributed by atoms with Gasteiger partial charge in [0.1, 0.15) is 0 Å². The minimum absolute atomic E-state index is 0.0518. The third-order valence-electron chi connectivity index (χ3n) is 8.13. The molecular weight excluding hydrogens is 504 g/mol. The van der Waals surface area contributed by atoms with Gasteiger partial charge < -0.3 is 19.8 Å². The molecule has 8 nitrogen and oxygen atoms in total. The van der Waals surface area contributed by atoms with Crippen molar-refractivity contribution in [1.29, 1.82) is 0 Å². The molecule has 0 radical (unpaired) electrons. The van der Waals surface area contributed by atoms with E-state index in [2.05, 4.69) is 50.3 Å². The van der Waals surface area contributed by atoms with Crippen LogP contribution < -0.4 is 0 Å². The number of carboxylic acid groups (broad SMARTS) is 1. The van der Waals surface area contributed by atoms with Crippen molar-refractivity contribution >= 4 is 51.2 Å². The summed E-state index contributed by atoms with van der Waals surface area (Å²) in [6.07, 6.45) is 3.07. The van der Waals surface area contributed by atoms with Crippen molar-refractivity contribution in [2.75, 3.05) is 7.11 Å². The summed E-state index contributed by atoms with van der Waals surface area (Å²) in [5, 5.41) is 10.3. The number of nitrogens with zero attached hydrogens (tertiary/aromatic N) is 2. The standard InChI is InChI=1S/C32H34N4O4/c1-8-19-16(4)23-12-22-15(3)10-26(33-22)21(11-29(37)40-7)31-30(32(38)39)18(6)25(36-31)14-28-20(9-2)17(5)24(35-28)13-27(19)34-23/h8,12-15,34-35H,1,9-11H2,2-7H3,(H,38,39). The van der Waals surface area contributed by atoms with E-state index in [0.29, 0.717) is 28.9 Å². The number of hydrogen-bond acceptors (Lipinski definition) is 5. The lowest BCUT2D eigenvalue weighted by Crippen LogP contribution is -2.11. The van der Waals surface area contributed by atoms with Crippen LogP contribution in [0.4, 0.5) is 0 Å². The van der Waals surface area contributed by atoms with Crippen molar-refractivity contribution < 1.29 is 19.4 Å². The van der Waals surface area contributed by atoms with E-state index in [1.54, 1.807) is 6.92 Å². The van der Waals surface area contributed by atoms with Gasteiger partial charge in [-0.1, -0.05) is 26.5 Å². The highest BCUT2D eigenvalue weighted by Crippen LogP contribution is 2.36. The van der Waals surface area contributed by atoms with Crippen molar-refractivity contribution in [3.05, 3.63) is 75.4 Å². The summed E-state index contributed by atoms with van der Waals surface area (Å²) < 4.78 is 4.99. The largest absolute Gasteiger partial charge is 0.478 e. The lowest BCUT2D eigenvalue weighted by atomic mass is 9.97. The molecule has 5 heterocycles. The number of allylic oxidation sites excluding steroid dienone is 1. The van der Waals surface area contributed by atoms with E-state index in [0.717, 1.165) is 56.4 Å². The highest BCUT2D eigenvalue weighted by atomic mass is 16.5. The summed E-state index contributed by atoms with van der Waals surface area (Å²) in [6.45, 7) is 14.1. The number of aliphatic carboxylic acids is 1. The predicted octanol–water partition coefficient (Wildman–Crippen LogP) is 6.21. The number of ether oxygens (including phenoxy) is 1. The van der Waals surface area contributed by atoms with Crippen LogP contribution >= 0.6 is 0 Å². The van der Waals surface area contributed by atoms with E-state index in [-0.39, 0.29) is 23.6 Å². The van der Waals surface area contributed by atoms with Crippen molar-refractivity contribution in [3.63, 3.8) is 0 Å². The zero-order chi connectivity index (χ0) is 28.9. The van der Waals surface area contributed by atoms with Crippen molar-refractivity contribution in [1.82, 2.24) is 19.9 Å². The molecule has 0 spiro atoms. The molecule has 0 aromatic carbocycles. The quantitative estimate of drug-likeness (QED) is 0.332. The number of methoxy groups -OCH3 is 1. The molecule has 0 saturated carbocycles. The van der Waals surface area contributed by atoms with E-state index in [1.807, 2.05) is 18.2 Å². The molecule has 3 aromatic heterocycles. The molecule has 8 bridgehead atoms. The van der Waals surface area contributed by atoms with Crippen LogP contribution in [-0.2, 0) is 33.6 Å². The molecule has 206 valence electrons. The van der Waals surface area contributed by atoms with Gasteiger partial charge in [0.2, 0.25) is 0 Å². The number of carbonyl (C=O) groups excluding carboxylic acids is 1. The number of hydrogen-bond donors (Lipinski definition) is 3. The first kappa shape index (κ1) is 27.1. The number of aromatic amines is 2. The molecule has 0 aliphatic carbocycles. The first-order valence-corrected chi connectivity index (χ1v) is 13.5. The Morgan fingerprint density at radius 3 is 2.40 bits per heavy atom. The van der Waals surface area contributed by atoms with Crippen LogP contribution in [0.2, 0.25) is 0 Å². The van der Waals surface area contributed by atoms with Gasteiger partial charge >= 0.3 is 11.9 Å². The number of carbonyl (C=O) groups is 2. The predicted molar refractivity (Wildman–Crippen MR) is 158 cm³/mol. The van der Waals surface area contributed by atoms with Gasteiger partial charge in [0.05, 0.1) is 30.5 Å². The highest BCUT2D eigenvalue weighted by Gasteiger charge is 2.30. The van der Waals surface area contributed by atoms with Crippen LogP contribution in [0.25, 0.3) is 39.3 Å². The Hall–Kier alpha value is -4.46. The fraction of sp³-hybridized carbons (Fsp3) is 0.312. The third kappa shape index (κ3) is 4.43. The Morgan fingerprint density at radius 2 is 1.75 bits per heavy atom. The fourth-order valence-electron chi connectivity index (χ4n) is 5.80. The number of esters is 1. The van der Waals surface area contributed by atoms with Crippen LogP contribution in [0.1, 0.15) is 77.3 Å². The molecular formula is C32H34N4O4. The lowest BCUT2D eigenvalue weighted by molar-refractivity contribution is -0.139. The maximum atomic E-state index is 12.6. The number of fused-ring (bicyclic) bond motifs is 8. The van der Waals surface area contributed by atoms with E-state index >= 15 is 0 Å². The molecule has 1 atom stereocenters. The first-order valence-electron chi connectivity index (χ1n) is 13.5. The van der Waals surface area contributed by atoms with Gasteiger partial charge in [-0.2, -0.15) is 0 Å². The molecule has 3 N–H and O–H groups in total.